The Morgan fingerprint density at radius 1 is 1.20 bits per heavy atom. The average Bonchev–Trinajstić information content (AvgIpc) is 2.88. The SMILES string of the molecule is B/C(C=C)=C/C1=C(C=C)C(=C/C=C)/C(=N\C=C)N1c1cccc(B)n1. The topological polar surface area (TPSA) is 28.5 Å². The Balaban J connectivity index is 2.83. The van der Waals surface area contributed by atoms with Crippen LogP contribution < -0.4 is 10.5 Å². The standard InChI is InChI=1S/C20H21B2N3/c1-5-10-16-15(7-3)17(13-14(21)6-2)25(20(16)23-8-4)19-12-9-11-18(22)24-19/h5-13H,1-4,21-22H2/b14-13+,16-10-,23-20+. The summed E-state index contributed by atoms with van der Waals surface area (Å²) in [6.07, 6.45) is 10.9. The highest BCUT2D eigenvalue weighted by Crippen LogP contribution is 2.35. The van der Waals surface area contributed by atoms with Crippen LogP contribution in [0.25, 0.3) is 0 Å². The van der Waals surface area contributed by atoms with Crippen molar-refractivity contribution in [2.24, 2.45) is 4.99 Å². The molecule has 0 aliphatic carbocycles. The van der Waals surface area contributed by atoms with Crippen LogP contribution in [-0.2, 0) is 0 Å². The number of aromatic nitrogens is 1. The number of anilines is 1. The summed E-state index contributed by atoms with van der Waals surface area (Å²) < 4.78 is 0. The molecule has 0 radical (unpaired) electrons. The molecule has 122 valence electrons. The lowest BCUT2D eigenvalue weighted by Crippen LogP contribution is -2.28. The van der Waals surface area contributed by atoms with E-state index in [1.54, 1.807) is 6.08 Å². The Hall–Kier alpha value is -3.07. The van der Waals surface area contributed by atoms with Crippen molar-refractivity contribution in [1.29, 1.82) is 0 Å². The number of hydrogen-bond donors (Lipinski definition) is 0. The fourth-order valence-corrected chi connectivity index (χ4v) is 2.63. The zero-order chi connectivity index (χ0) is 18.4. The van der Waals surface area contributed by atoms with E-state index in [1.165, 1.54) is 6.20 Å². The summed E-state index contributed by atoms with van der Waals surface area (Å²) >= 11 is 0. The van der Waals surface area contributed by atoms with Gasteiger partial charge in [-0.2, -0.15) is 0 Å². The van der Waals surface area contributed by atoms with Gasteiger partial charge in [0.15, 0.2) is 7.85 Å². The average molecular weight is 325 g/mol. The minimum absolute atomic E-state index is 0.742. The largest absolute Gasteiger partial charge is 0.278 e. The second kappa shape index (κ2) is 8.15. The molecule has 3 nitrogen and oxygen atoms in total. The first kappa shape index (κ1) is 18.3. The summed E-state index contributed by atoms with van der Waals surface area (Å²) in [5.74, 6) is 1.53. The molecule has 0 aromatic carbocycles. The maximum atomic E-state index is 4.67. The van der Waals surface area contributed by atoms with Crippen LogP contribution in [0.1, 0.15) is 0 Å². The summed E-state index contributed by atoms with van der Waals surface area (Å²) in [7, 11) is 3.97. The molecule has 0 bridgehead atoms. The number of allylic oxidation sites excluding steroid dienone is 6. The van der Waals surface area contributed by atoms with Gasteiger partial charge in [-0.3, -0.25) is 4.90 Å². The van der Waals surface area contributed by atoms with Gasteiger partial charge >= 0.3 is 0 Å². The first-order valence-electron chi connectivity index (χ1n) is 8.00. The third-order valence-electron chi connectivity index (χ3n) is 3.75. The first-order chi connectivity index (χ1) is 12.1. The van der Waals surface area contributed by atoms with E-state index in [9.17, 15) is 0 Å². The lowest BCUT2D eigenvalue weighted by Gasteiger charge is -2.21. The molecular weight excluding hydrogens is 304 g/mol. The van der Waals surface area contributed by atoms with Gasteiger partial charge in [0.25, 0.3) is 0 Å². The van der Waals surface area contributed by atoms with Gasteiger partial charge < -0.3 is 0 Å². The van der Waals surface area contributed by atoms with Crippen molar-refractivity contribution in [1.82, 2.24) is 4.98 Å². The van der Waals surface area contributed by atoms with E-state index in [-0.39, 0.29) is 0 Å². The number of hydrogen-bond acceptors (Lipinski definition) is 2. The van der Waals surface area contributed by atoms with Gasteiger partial charge in [-0.25, -0.2) is 9.98 Å². The maximum absolute atomic E-state index is 4.67. The van der Waals surface area contributed by atoms with Crippen molar-refractivity contribution in [2.45, 2.75) is 0 Å². The second-order valence-electron chi connectivity index (χ2n) is 5.52. The Morgan fingerprint density at radius 2 is 1.96 bits per heavy atom. The van der Waals surface area contributed by atoms with Gasteiger partial charge in [-0.15, -0.1) is 0 Å². The quantitative estimate of drug-likeness (QED) is 0.591. The molecule has 2 rings (SSSR count). The van der Waals surface area contributed by atoms with E-state index in [0.29, 0.717) is 0 Å². The molecule has 1 aliphatic heterocycles. The van der Waals surface area contributed by atoms with Gasteiger partial charge in [-0.1, -0.05) is 68.2 Å². The molecule has 2 heterocycles. The second-order valence-corrected chi connectivity index (χ2v) is 5.52. The van der Waals surface area contributed by atoms with Crippen LogP contribution in [0.5, 0.6) is 0 Å². The van der Waals surface area contributed by atoms with Crippen molar-refractivity contribution in [2.75, 3.05) is 4.90 Å². The number of nitrogens with zero attached hydrogens (tertiary/aromatic N) is 3. The van der Waals surface area contributed by atoms with E-state index in [1.807, 2.05) is 57.0 Å². The fourth-order valence-electron chi connectivity index (χ4n) is 2.63. The molecule has 1 aromatic heterocycles. The number of rotatable bonds is 6. The molecule has 0 N–H and O–H groups in total. The Kier molecular flexibility index (Phi) is 5.96. The Labute approximate surface area is 151 Å². The molecule has 0 spiro atoms. The van der Waals surface area contributed by atoms with E-state index in [4.69, 9.17) is 0 Å². The summed E-state index contributed by atoms with van der Waals surface area (Å²) in [5, 5.41) is 0. The summed E-state index contributed by atoms with van der Waals surface area (Å²) in [6.45, 7) is 15.4. The molecule has 1 aliphatic rings. The van der Waals surface area contributed by atoms with Crippen LogP contribution in [0.4, 0.5) is 5.82 Å². The number of amidine groups is 1. The molecule has 0 amide bonds. The zero-order valence-corrected chi connectivity index (χ0v) is 14.9. The van der Waals surface area contributed by atoms with Crippen LogP contribution in [0.3, 0.4) is 0 Å². The molecular formula is C20H21B2N3. The van der Waals surface area contributed by atoms with Gasteiger partial charge in [0.2, 0.25) is 0 Å². The lowest BCUT2D eigenvalue weighted by molar-refractivity contribution is 1.19. The molecule has 25 heavy (non-hydrogen) atoms. The minimum Gasteiger partial charge on any atom is -0.278 e. The van der Waals surface area contributed by atoms with Crippen LogP contribution in [0.2, 0.25) is 0 Å². The highest BCUT2D eigenvalue weighted by Gasteiger charge is 2.32. The first-order valence-corrected chi connectivity index (χ1v) is 8.00. The van der Waals surface area contributed by atoms with Gasteiger partial charge in [-0.05, 0) is 17.7 Å². The van der Waals surface area contributed by atoms with Crippen molar-refractivity contribution in [3.05, 3.63) is 103 Å². The molecule has 0 fully saturated rings. The van der Waals surface area contributed by atoms with Crippen LogP contribution in [-0.4, -0.2) is 26.5 Å². The van der Waals surface area contributed by atoms with Gasteiger partial charge in [0.05, 0.1) is 5.70 Å². The van der Waals surface area contributed by atoms with Gasteiger partial charge in [0, 0.05) is 17.3 Å². The lowest BCUT2D eigenvalue weighted by atomic mass is 9.93. The predicted octanol–water partition coefficient (Wildman–Crippen LogP) is 1.96. The van der Waals surface area contributed by atoms with E-state index >= 15 is 0 Å². The van der Waals surface area contributed by atoms with Crippen LogP contribution >= 0.6 is 0 Å². The van der Waals surface area contributed by atoms with Crippen molar-refractivity contribution < 1.29 is 0 Å². The highest BCUT2D eigenvalue weighted by molar-refractivity contribution is 6.31. The fraction of sp³-hybridized carbons (Fsp3) is 0. The monoisotopic (exact) mass is 325 g/mol. The van der Waals surface area contributed by atoms with Crippen molar-refractivity contribution in [3.8, 4) is 0 Å². The van der Waals surface area contributed by atoms with E-state index in [0.717, 1.165) is 39.6 Å². The van der Waals surface area contributed by atoms with Crippen LogP contribution in [0, 0.1) is 0 Å². The molecule has 0 saturated heterocycles. The Morgan fingerprint density at radius 3 is 2.52 bits per heavy atom. The predicted molar refractivity (Wildman–Crippen MR) is 115 cm³/mol. The summed E-state index contributed by atoms with van der Waals surface area (Å²) in [4.78, 5) is 11.2. The normalized spacial score (nSPS) is 17.9. The number of pyridine rings is 1. The molecule has 1 aromatic rings. The maximum Gasteiger partial charge on any atom is 0.164 e. The summed E-state index contributed by atoms with van der Waals surface area (Å²) in [5.41, 5.74) is 4.80. The molecule has 0 atom stereocenters. The van der Waals surface area contributed by atoms with E-state index < -0.39 is 0 Å². The Bertz CT molecular complexity index is 857. The van der Waals surface area contributed by atoms with Gasteiger partial charge in [0.1, 0.15) is 19.5 Å². The zero-order valence-electron chi connectivity index (χ0n) is 14.9. The molecule has 0 unspecified atom stereocenters. The molecule has 0 saturated carbocycles. The van der Waals surface area contributed by atoms with Crippen molar-refractivity contribution in [3.63, 3.8) is 0 Å². The summed E-state index contributed by atoms with van der Waals surface area (Å²) in [6, 6.07) is 5.90. The number of aliphatic imine (C=N–C) groups is 1. The smallest absolute Gasteiger partial charge is 0.164 e. The molecule has 5 heteroatoms. The van der Waals surface area contributed by atoms with Crippen molar-refractivity contribution >= 4 is 32.9 Å². The minimum atomic E-state index is 0.742. The van der Waals surface area contributed by atoms with E-state index in [2.05, 4.69) is 42.4 Å². The van der Waals surface area contributed by atoms with Crippen LogP contribution in [0.15, 0.2) is 108 Å². The highest BCUT2D eigenvalue weighted by atomic mass is 15.3. The third-order valence-corrected chi connectivity index (χ3v) is 3.75. The third kappa shape index (κ3) is 3.72.